The minimum absolute atomic E-state index is 0.305. The number of carbonyl (C=O) groups is 2. The molecule has 0 N–H and O–H groups in total. The molecule has 0 amide bonds. The van der Waals surface area contributed by atoms with E-state index in [1.165, 1.54) is 6.92 Å². The molecule has 1 fully saturated rings. The Morgan fingerprint density at radius 2 is 2.00 bits per heavy atom. The molecule has 0 aliphatic carbocycles. The molecule has 1 aliphatic heterocycles. The Bertz CT molecular complexity index is 469. The van der Waals surface area contributed by atoms with Crippen molar-refractivity contribution in [3.8, 4) is 0 Å². The second-order valence-corrected chi connectivity index (χ2v) is 4.38. The van der Waals surface area contributed by atoms with Crippen LogP contribution >= 0.6 is 0 Å². The van der Waals surface area contributed by atoms with E-state index in [4.69, 9.17) is 9.47 Å². The number of cyclic esters (lactones) is 1. The standard InChI is InChI=1S/C13H13FO4/c1-8-10(13(2,14)12(16)17-8)18-11(15)9-6-4-3-5-7-9/h3-8,10H,1-2H3/t8-,10?,13-/m1/s1. The molecule has 0 radical (unpaired) electrons. The highest BCUT2D eigenvalue weighted by Gasteiger charge is 2.56. The Morgan fingerprint density at radius 3 is 2.50 bits per heavy atom. The van der Waals surface area contributed by atoms with Crippen molar-refractivity contribution < 1.29 is 23.5 Å². The monoisotopic (exact) mass is 252 g/mol. The van der Waals surface area contributed by atoms with E-state index in [1.54, 1.807) is 30.3 Å². The molecule has 2 rings (SSSR count). The second kappa shape index (κ2) is 4.40. The lowest BCUT2D eigenvalue weighted by Gasteiger charge is -2.20. The van der Waals surface area contributed by atoms with Gasteiger partial charge in [0.25, 0.3) is 0 Å². The molecule has 18 heavy (non-hydrogen) atoms. The van der Waals surface area contributed by atoms with Crippen LogP contribution in [-0.4, -0.2) is 29.8 Å². The van der Waals surface area contributed by atoms with Crippen molar-refractivity contribution in [2.75, 3.05) is 0 Å². The highest BCUT2D eigenvalue weighted by atomic mass is 19.1. The van der Waals surface area contributed by atoms with Crippen LogP contribution in [0.4, 0.5) is 4.39 Å². The van der Waals surface area contributed by atoms with Crippen LogP contribution in [0.3, 0.4) is 0 Å². The fourth-order valence-electron chi connectivity index (χ4n) is 1.87. The van der Waals surface area contributed by atoms with E-state index in [9.17, 15) is 14.0 Å². The first-order valence-electron chi connectivity index (χ1n) is 5.59. The molecule has 1 unspecified atom stereocenters. The van der Waals surface area contributed by atoms with Gasteiger partial charge in [-0.05, 0) is 26.0 Å². The number of esters is 2. The summed E-state index contributed by atoms with van der Waals surface area (Å²) in [6, 6.07) is 8.21. The first-order chi connectivity index (χ1) is 8.43. The third-order valence-electron chi connectivity index (χ3n) is 2.90. The molecule has 1 heterocycles. The van der Waals surface area contributed by atoms with Gasteiger partial charge < -0.3 is 9.47 Å². The van der Waals surface area contributed by atoms with Gasteiger partial charge in [0.1, 0.15) is 6.10 Å². The summed E-state index contributed by atoms with van der Waals surface area (Å²) < 4.78 is 23.8. The summed E-state index contributed by atoms with van der Waals surface area (Å²) in [7, 11) is 0. The Kier molecular flexibility index (Phi) is 3.07. The molecule has 1 aromatic carbocycles. The smallest absolute Gasteiger partial charge is 0.348 e. The Morgan fingerprint density at radius 1 is 1.39 bits per heavy atom. The molecule has 0 bridgehead atoms. The Hall–Kier alpha value is -1.91. The van der Waals surface area contributed by atoms with Gasteiger partial charge in [-0.2, -0.15) is 0 Å². The number of hydrogen-bond donors (Lipinski definition) is 0. The predicted molar refractivity (Wildman–Crippen MR) is 60.7 cm³/mol. The second-order valence-electron chi connectivity index (χ2n) is 4.38. The van der Waals surface area contributed by atoms with Crippen LogP contribution in [0, 0.1) is 0 Å². The maximum absolute atomic E-state index is 14.0. The average Bonchev–Trinajstić information content (AvgIpc) is 2.53. The number of hydrogen-bond acceptors (Lipinski definition) is 4. The molecule has 1 aromatic rings. The van der Waals surface area contributed by atoms with Crippen molar-refractivity contribution >= 4 is 11.9 Å². The summed E-state index contributed by atoms with van der Waals surface area (Å²) in [4.78, 5) is 23.0. The van der Waals surface area contributed by atoms with E-state index in [0.29, 0.717) is 5.56 Å². The number of alkyl halides is 1. The van der Waals surface area contributed by atoms with E-state index in [2.05, 4.69) is 0 Å². The molecule has 1 saturated heterocycles. The third kappa shape index (κ3) is 2.08. The normalized spacial score (nSPS) is 30.9. The van der Waals surface area contributed by atoms with Crippen molar-refractivity contribution in [2.45, 2.75) is 31.7 Å². The predicted octanol–water partition coefficient (Wildman–Crippen LogP) is 1.89. The van der Waals surface area contributed by atoms with Gasteiger partial charge in [0, 0.05) is 0 Å². The number of rotatable bonds is 2. The minimum Gasteiger partial charge on any atom is -0.456 e. The van der Waals surface area contributed by atoms with Gasteiger partial charge in [-0.1, -0.05) is 18.2 Å². The zero-order valence-corrected chi connectivity index (χ0v) is 10.1. The number of ether oxygens (including phenoxy) is 2. The Labute approximate surface area is 104 Å². The molecule has 0 spiro atoms. The lowest BCUT2D eigenvalue weighted by molar-refractivity contribution is -0.149. The summed E-state index contributed by atoms with van der Waals surface area (Å²) in [6.07, 6.45) is -2.02. The molecule has 5 heteroatoms. The molecule has 0 aromatic heterocycles. The summed E-state index contributed by atoms with van der Waals surface area (Å²) in [5.74, 6) is -1.67. The van der Waals surface area contributed by atoms with Crippen LogP contribution in [0.1, 0.15) is 24.2 Å². The largest absolute Gasteiger partial charge is 0.456 e. The van der Waals surface area contributed by atoms with E-state index >= 15 is 0 Å². The van der Waals surface area contributed by atoms with Gasteiger partial charge in [-0.25, -0.2) is 14.0 Å². The molecule has 1 aliphatic rings. The van der Waals surface area contributed by atoms with E-state index in [-0.39, 0.29) is 0 Å². The first kappa shape index (κ1) is 12.5. The molecule has 0 saturated carbocycles. The maximum Gasteiger partial charge on any atom is 0.348 e. The van der Waals surface area contributed by atoms with Gasteiger partial charge >= 0.3 is 11.9 Å². The van der Waals surface area contributed by atoms with Crippen LogP contribution in [0.5, 0.6) is 0 Å². The molecule has 4 nitrogen and oxygen atoms in total. The highest BCUT2D eigenvalue weighted by Crippen LogP contribution is 2.32. The molecule has 3 atom stereocenters. The van der Waals surface area contributed by atoms with Gasteiger partial charge in [-0.15, -0.1) is 0 Å². The summed E-state index contributed by atoms with van der Waals surface area (Å²) in [5, 5.41) is 0. The number of carbonyl (C=O) groups excluding carboxylic acids is 2. The van der Waals surface area contributed by atoms with Gasteiger partial charge in [0.05, 0.1) is 5.56 Å². The Balaban J connectivity index is 2.15. The van der Waals surface area contributed by atoms with Crippen LogP contribution < -0.4 is 0 Å². The van der Waals surface area contributed by atoms with Crippen LogP contribution in [0.25, 0.3) is 0 Å². The first-order valence-corrected chi connectivity index (χ1v) is 5.59. The summed E-state index contributed by atoms with van der Waals surface area (Å²) in [5.41, 5.74) is -2.00. The van der Waals surface area contributed by atoms with E-state index < -0.39 is 29.8 Å². The summed E-state index contributed by atoms with van der Waals surface area (Å²) >= 11 is 0. The minimum atomic E-state index is -2.30. The van der Waals surface area contributed by atoms with Crippen molar-refractivity contribution in [1.82, 2.24) is 0 Å². The fourth-order valence-corrected chi connectivity index (χ4v) is 1.87. The zero-order chi connectivity index (χ0) is 13.3. The average molecular weight is 252 g/mol. The SMILES string of the molecule is C[C@H]1OC(=O)[C@](C)(F)C1OC(=O)c1ccccc1. The van der Waals surface area contributed by atoms with Crippen LogP contribution in [0.15, 0.2) is 30.3 Å². The van der Waals surface area contributed by atoms with Gasteiger partial charge in [0.15, 0.2) is 6.10 Å². The molecule has 96 valence electrons. The van der Waals surface area contributed by atoms with E-state index in [0.717, 1.165) is 6.92 Å². The lowest BCUT2D eigenvalue weighted by atomic mass is 10.0. The highest BCUT2D eigenvalue weighted by molar-refractivity contribution is 5.90. The van der Waals surface area contributed by atoms with Crippen LogP contribution in [0.2, 0.25) is 0 Å². The number of benzene rings is 1. The van der Waals surface area contributed by atoms with Crippen molar-refractivity contribution in [3.63, 3.8) is 0 Å². The van der Waals surface area contributed by atoms with Gasteiger partial charge in [0.2, 0.25) is 5.67 Å². The van der Waals surface area contributed by atoms with Gasteiger partial charge in [-0.3, -0.25) is 0 Å². The summed E-state index contributed by atoms with van der Waals surface area (Å²) in [6.45, 7) is 2.55. The van der Waals surface area contributed by atoms with E-state index in [1.807, 2.05) is 0 Å². The lowest BCUT2D eigenvalue weighted by Crippen LogP contribution is -2.42. The quantitative estimate of drug-likeness (QED) is 0.754. The van der Waals surface area contributed by atoms with Crippen molar-refractivity contribution in [1.29, 1.82) is 0 Å². The van der Waals surface area contributed by atoms with Crippen molar-refractivity contribution in [2.24, 2.45) is 0 Å². The fraction of sp³-hybridized carbons (Fsp3) is 0.385. The van der Waals surface area contributed by atoms with Crippen molar-refractivity contribution in [3.05, 3.63) is 35.9 Å². The zero-order valence-electron chi connectivity index (χ0n) is 10.1. The molecular weight excluding hydrogens is 239 g/mol. The third-order valence-corrected chi connectivity index (χ3v) is 2.90. The number of halogens is 1. The topological polar surface area (TPSA) is 52.6 Å². The molecular formula is C13H13FO4. The van der Waals surface area contributed by atoms with Crippen LogP contribution in [-0.2, 0) is 14.3 Å². The maximum atomic E-state index is 14.0.